The van der Waals surface area contributed by atoms with Crippen LogP contribution < -0.4 is 5.32 Å². The zero-order valence-corrected chi connectivity index (χ0v) is 9.80. The van der Waals surface area contributed by atoms with Gasteiger partial charge in [-0.15, -0.1) is 0 Å². The molecule has 3 heteroatoms. The Bertz CT molecular complexity index is 323. The minimum atomic E-state index is 0.726. The van der Waals surface area contributed by atoms with Crippen molar-refractivity contribution in [3.05, 3.63) is 34.9 Å². The number of nitrogens with one attached hydrogen (secondary N) is 1. The maximum atomic E-state index is 5.94. The first-order valence-corrected chi connectivity index (χ1v) is 5.79. The third kappa shape index (κ3) is 2.94. The molecule has 1 aliphatic heterocycles. The van der Waals surface area contributed by atoms with Crippen LogP contribution in [0.4, 0.5) is 0 Å². The van der Waals surface area contributed by atoms with Crippen molar-refractivity contribution in [2.75, 3.05) is 26.7 Å². The fraction of sp³-hybridized carbons (Fsp3) is 0.500. The van der Waals surface area contributed by atoms with E-state index >= 15 is 0 Å². The van der Waals surface area contributed by atoms with Gasteiger partial charge in [0.25, 0.3) is 0 Å². The van der Waals surface area contributed by atoms with Gasteiger partial charge in [-0.05, 0) is 31.2 Å². The largest absolute Gasteiger partial charge is 0.314 e. The van der Waals surface area contributed by atoms with Gasteiger partial charge in [0.15, 0.2) is 0 Å². The van der Waals surface area contributed by atoms with E-state index in [1.54, 1.807) is 0 Å². The minimum Gasteiger partial charge on any atom is -0.314 e. The molecule has 15 heavy (non-hydrogen) atoms. The predicted molar refractivity (Wildman–Crippen MR) is 64.4 cm³/mol. The quantitative estimate of drug-likeness (QED) is 0.839. The lowest BCUT2D eigenvalue weighted by Crippen LogP contribution is -2.56. The second kappa shape index (κ2) is 4.97. The molecule has 2 nitrogen and oxygen atoms in total. The molecular weight excluding hydrogens is 208 g/mol. The number of hydrogen-bond acceptors (Lipinski definition) is 2. The smallest absolute Gasteiger partial charge is 0.0408 e. The van der Waals surface area contributed by atoms with Crippen LogP contribution in [0.15, 0.2) is 24.3 Å². The molecule has 0 saturated carbocycles. The van der Waals surface area contributed by atoms with Crippen molar-refractivity contribution in [3.63, 3.8) is 0 Å². The summed E-state index contributed by atoms with van der Waals surface area (Å²) >= 11 is 5.94. The van der Waals surface area contributed by atoms with Gasteiger partial charge in [-0.1, -0.05) is 23.7 Å². The number of hydrogen-bond donors (Lipinski definition) is 1. The number of rotatable bonds is 4. The summed E-state index contributed by atoms with van der Waals surface area (Å²) in [4.78, 5) is 2.41. The lowest BCUT2D eigenvalue weighted by Gasteiger charge is -2.35. The van der Waals surface area contributed by atoms with Gasteiger partial charge in [0.2, 0.25) is 0 Å². The van der Waals surface area contributed by atoms with Gasteiger partial charge >= 0.3 is 0 Å². The van der Waals surface area contributed by atoms with E-state index < -0.39 is 0 Å². The second-order valence-corrected chi connectivity index (χ2v) is 4.61. The zero-order chi connectivity index (χ0) is 10.7. The van der Waals surface area contributed by atoms with E-state index in [1.165, 1.54) is 5.56 Å². The average molecular weight is 225 g/mol. The Kier molecular flexibility index (Phi) is 3.62. The van der Waals surface area contributed by atoms with E-state index in [0.717, 1.165) is 37.1 Å². The van der Waals surface area contributed by atoms with Crippen LogP contribution in [0.2, 0.25) is 5.02 Å². The highest BCUT2D eigenvalue weighted by Gasteiger charge is 2.20. The lowest BCUT2D eigenvalue weighted by atomic mass is 10.1. The molecule has 1 aromatic carbocycles. The molecule has 2 rings (SSSR count). The van der Waals surface area contributed by atoms with Crippen molar-refractivity contribution in [1.82, 2.24) is 10.2 Å². The first-order chi connectivity index (χ1) is 7.25. The SMILES string of the molecule is CN(CCc1cccc(Cl)c1)C1CNC1. The zero-order valence-electron chi connectivity index (χ0n) is 9.04. The molecular formula is C12H17ClN2. The number of likely N-dealkylation sites (N-methyl/N-ethyl adjacent to an activating group) is 1. The van der Waals surface area contributed by atoms with Crippen LogP contribution in [0.1, 0.15) is 5.56 Å². The van der Waals surface area contributed by atoms with Gasteiger partial charge in [-0.2, -0.15) is 0 Å². The number of benzene rings is 1. The summed E-state index contributed by atoms with van der Waals surface area (Å²) in [5.74, 6) is 0. The summed E-state index contributed by atoms with van der Waals surface area (Å²) in [6.45, 7) is 3.37. The van der Waals surface area contributed by atoms with Gasteiger partial charge in [-0.3, -0.25) is 0 Å². The van der Waals surface area contributed by atoms with Crippen molar-refractivity contribution in [2.24, 2.45) is 0 Å². The van der Waals surface area contributed by atoms with Crippen LogP contribution in [0, 0.1) is 0 Å². The van der Waals surface area contributed by atoms with Crippen LogP contribution in [-0.4, -0.2) is 37.6 Å². The predicted octanol–water partition coefficient (Wildman–Crippen LogP) is 1.79. The van der Waals surface area contributed by atoms with Gasteiger partial charge in [0.05, 0.1) is 0 Å². The molecule has 1 heterocycles. The van der Waals surface area contributed by atoms with E-state index in [0.29, 0.717) is 0 Å². The summed E-state index contributed by atoms with van der Waals surface area (Å²) in [7, 11) is 2.19. The van der Waals surface area contributed by atoms with Gasteiger partial charge in [-0.25, -0.2) is 0 Å². The van der Waals surface area contributed by atoms with Gasteiger partial charge < -0.3 is 10.2 Å². The second-order valence-electron chi connectivity index (χ2n) is 4.17. The van der Waals surface area contributed by atoms with E-state index in [2.05, 4.69) is 29.4 Å². The summed E-state index contributed by atoms with van der Waals surface area (Å²) < 4.78 is 0. The van der Waals surface area contributed by atoms with Crippen LogP contribution in [-0.2, 0) is 6.42 Å². The maximum absolute atomic E-state index is 5.94. The molecule has 0 spiro atoms. The van der Waals surface area contributed by atoms with Gasteiger partial charge in [0.1, 0.15) is 0 Å². The first-order valence-electron chi connectivity index (χ1n) is 5.41. The Morgan fingerprint density at radius 1 is 1.47 bits per heavy atom. The third-order valence-electron chi connectivity index (χ3n) is 3.03. The highest BCUT2D eigenvalue weighted by atomic mass is 35.5. The molecule has 1 aliphatic rings. The maximum Gasteiger partial charge on any atom is 0.0408 e. The Balaban J connectivity index is 1.81. The molecule has 0 aromatic heterocycles. The molecule has 82 valence electrons. The summed E-state index contributed by atoms with van der Waals surface area (Å²) in [6, 6.07) is 8.85. The molecule has 1 N–H and O–H groups in total. The standard InChI is InChI=1S/C12H17ClN2/c1-15(12-8-14-9-12)6-5-10-3-2-4-11(13)7-10/h2-4,7,12,14H,5-6,8-9H2,1H3. The highest BCUT2D eigenvalue weighted by Crippen LogP contribution is 2.12. The normalized spacial score (nSPS) is 16.7. The van der Waals surface area contributed by atoms with E-state index in [-0.39, 0.29) is 0 Å². The van der Waals surface area contributed by atoms with Crippen molar-refractivity contribution < 1.29 is 0 Å². The fourth-order valence-electron chi connectivity index (χ4n) is 1.77. The van der Waals surface area contributed by atoms with Crippen LogP contribution in [0.3, 0.4) is 0 Å². The molecule has 0 atom stereocenters. The van der Waals surface area contributed by atoms with E-state index in [9.17, 15) is 0 Å². The number of nitrogens with zero attached hydrogens (tertiary/aromatic N) is 1. The molecule has 0 aliphatic carbocycles. The van der Waals surface area contributed by atoms with Crippen LogP contribution >= 0.6 is 11.6 Å². The Labute approximate surface area is 96.2 Å². The fourth-order valence-corrected chi connectivity index (χ4v) is 1.98. The van der Waals surface area contributed by atoms with Crippen molar-refractivity contribution in [3.8, 4) is 0 Å². The van der Waals surface area contributed by atoms with E-state index in [4.69, 9.17) is 11.6 Å². The highest BCUT2D eigenvalue weighted by molar-refractivity contribution is 6.30. The number of halogens is 1. The van der Waals surface area contributed by atoms with Crippen molar-refractivity contribution in [1.29, 1.82) is 0 Å². The Morgan fingerprint density at radius 2 is 2.27 bits per heavy atom. The van der Waals surface area contributed by atoms with Crippen LogP contribution in [0.25, 0.3) is 0 Å². The third-order valence-corrected chi connectivity index (χ3v) is 3.26. The molecule has 0 unspecified atom stereocenters. The summed E-state index contributed by atoms with van der Waals surface area (Å²) in [5.41, 5.74) is 1.32. The molecule has 1 saturated heterocycles. The Hall–Kier alpha value is -0.570. The Morgan fingerprint density at radius 3 is 2.87 bits per heavy atom. The molecule has 0 radical (unpaired) electrons. The molecule has 1 fully saturated rings. The first kappa shape index (κ1) is 10.9. The lowest BCUT2D eigenvalue weighted by molar-refractivity contribution is 0.182. The molecule has 0 amide bonds. The van der Waals surface area contributed by atoms with Crippen molar-refractivity contribution >= 4 is 11.6 Å². The van der Waals surface area contributed by atoms with Crippen molar-refractivity contribution in [2.45, 2.75) is 12.5 Å². The summed E-state index contributed by atoms with van der Waals surface area (Å²) in [5, 5.41) is 4.12. The minimum absolute atomic E-state index is 0.726. The molecule has 1 aromatic rings. The van der Waals surface area contributed by atoms with E-state index in [1.807, 2.05) is 12.1 Å². The molecule has 0 bridgehead atoms. The average Bonchev–Trinajstić information content (AvgIpc) is 2.12. The monoisotopic (exact) mass is 224 g/mol. The summed E-state index contributed by atoms with van der Waals surface area (Å²) in [6.07, 6.45) is 1.08. The van der Waals surface area contributed by atoms with Gasteiger partial charge in [0, 0.05) is 30.7 Å². The van der Waals surface area contributed by atoms with Crippen LogP contribution in [0.5, 0.6) is 0 Å². The topological polar surface area (TPSA) is 15.3 Å².